The first kappa shape index (κ1) is 40.4. The number of carbonyl (C=O) groups is 3. The molecular formula is C43H58N2O7. The van der Waals surface area contributed by atoms with E-state index in [1.54, 1.807) is 47.3 Å². The van der Waals surface area contributed by atoms with Gasteiger partial charge in [0.05, 0.1) is 32.7 Å². The smallest absolute Gasteiger partial charge is 0.306 e. The van der Waals surface area contributed by atoms with Crippen molar-refractivity contribution < 1.29 is 33.7 Å². The highest BCUT2D eigenvalue weighted by Gasteiger charge is 2.44. The lowest BCUT2D eigenvalue weighted by Gasteiger charge is -2.42. The van der Waals surface area contributed by atoms with E-state index in [2.05, 4.69) is 48.2 Å². The summed E-state index contributed by atoms with van der Waals surface area (Å²) in [4.78, 5) is 41.4. The van der Waals surface area contributed by atoms with E-state index in [1.807, 2.05) is 29.2 Å². The van der Waals surface area contributed by atoms with Crippen LogP contribution in [0.2, 0.25) is 0 Å². The van der Waals surface area contributed by atoms with Gasteiger partial charge in [-0.05, 0) is 81.9 Å². The summed E-state index contributed by atoms with van der Waals surface area (Å²) < 4.78 is 16.5. The number of hydrogen-bond donors (Lipinski definition) is 1. The third-order valence-corrected chi connectivity index (χ3v) is 11.2. The second kappa shape index (κ2) is 18.9. The average molecular weight is 715 g/mol. The van der Waals surface area contributed by atoms with Crippen LogP contribution in [0.3, 0.4) is 0 Å². The van der Waals surface area contributed by atoms with E-state index in [-0.39, 0.29) is 23.0 Å². The Morgan fingerprint density at radius 3 is 1.88 bits per heavy atom. The molecule has 0 aromatic heterocycles. The molecule has 1 amide bonds. The first-order chi connectivity index (χ1) is 25.0. The Balaban J connectivity index is 0.000000530. The molecule has 0 radical (unpaired) electrons. The molecular weight excluding hydrogens is 656 g/mol. The summed E-state index contributed by atoms with van der Waals surface area (Å²) in [6, 6.07) is 24.3. The van der Waals surface area contributed by atoms with Crippen molar-refractivity contribution in [3.63, 3.8) is 0 Å². The van der Waals surface area contributed by atoms with E-state index in [1.165, 1.54) is 5.56 Å². The fraction of sp³-hybridized carbons (Fsp3) is 0.512. The van der Waals surface area contributed by atoms with Crippen molar-refractivity contribution in [1.29, 1.82) is 0 Å². The summed E-state index contributed by atoms with van der Waals surface area (Å²) in [6.45, 7) is 9.62. The number of ether oxygens (including phenoxy) is 3. The third kappa shape index (κ3) is 9.54. The van der Waals surface area contributed by atoms with E-state index in [0.717, 1.165) is 76.6 Å². The molecule has 3 aromatic carbocycles. The molecule has 9 nitrogen and oxygen atoms in total. The number of benzene rings is 3. The molecule has 2 unspecified atom stereocenters. The maximum Gasteiger partial charge on any atom is 0.306 e. The summed E-state index contributed by atoms with van der Waals surface area (Å²) in [5, 5.41) is 8.48. The fourth-order valence-corrected chi connectivity index (χ4v) is 7.76. The van der Waals surface area contributed by atoms with Crippen LogP contribution in [0.1, 0.15) is 93.6 Å². The number of piperidine rings is 1. The van der Waals surface area contributed by atoms with E-state index in [9.17, 15) is 14.4 Å². The molecule has 52 heavy (non-hydrogen) atoms. The molecule has 9 heteroatoms. The summed E-state index contributed by atoms with van der Waals surface area (Å²) in [7, 11) is 4.67. The normalized spacial score (nSPS) is 18.8. The van der Waals surface area contributed by atoms with Crippen LogP contribution >= 0.6 is 0 Å². The van der Waals surface area contributed by atoms with E-state index < -0.39 is 11.4 Å². The molecule has 0 saturated carbocycles. The first-order valence-corrected chi connectivity index (χ1v) is 18.7. The lowest BCUT2D eigenvalue weighted by atomic mass is 9.70. The first-order valence-electron chi connectivity index (χ1n) is 18.7. The Morgan fingerprint density at radius 1 is 0.808 bits per heavy atom. The van der Waals surface area contributed by atoms with Gasteiger partial charge in [0.1, 0.15) is 5.78 Å². The Morgan fingerprint density at radius 2 is 1.38 bits per heavy atom. The third-order valence-electron chi connectivity index (χ3n) is 11.2. The van der Waals surface area contributed by atoms with Crippen LogP contribution in [0.4, 0.5) is 0 Å². The molecule has 3 aromatic rings. The Kier molecular flexibility index (Phi) is 14.7. The number of unbranched alkanes of at least 4 members (excludes halogenated alkanes) is 2. The zero-order valence-corrected chi connectivity index (χ0v) is 32.0. The molecule has 0 aliphatic carbocycles. The highest BCUT2D eigenvalue weighted by molar-refractivity contribution is 5.96. The van der Waals surface area contributed by atoms with Crippen molar-refractivity contribution in [1.82, 2.24) is 9.80 Å². The van der Waals surface area contributed by atoms with Gasteiger partial charge in [-0.1, -0.05) is 93.8 Å². The number of carboxylic acids is 1. The standard InChI is InChI=1S/C35H42N2O5.C8H16O2/c1-26(38)35(29-13-9-6-10-14-29)17-20-36(21-18-35)19-15-34(28-11-7-5-8-12-28)16-22-37(25-34)33(39)27-23-30(40-2)32(42-4)31(24-27)41-3;1-3-4-5-6-7(2)8(9)10/h5-14,23-24H,15-22,25H2,1-4H3;7H,3-6H2,1-2H3,(H,9,10). The van der Waals surface area contributed by atoms with Gasteiger partial charge in [0, 0.05) is 24.1 Å². The van der Waals surface area contributed by atoms with Crippen LogP contribution in [-0.4, -0.2) is 86.6 Å². The zero-order chi connectivity index (χ0) is 37.7. The number of rotatable bonds is 15. The van der Waals surface area contributed by atoms with Gasteiger partial charge in [-0.25, -0.2) is 0 Å². The van der Waals surface area contributed by atoms with Gasteiger partial charge in [-0.15, -0.1) is 0 Å². The Bertz CT molecular complexity index is 1580. The van der Waals surface area contributed by atoms with Crippen molar-refractivity contribution >= 4 is 17.7 Å². The minimum Gasteiger partial charge on any atom is -0.493 e. The molecule has 0 spiro atoms. The molecule has 2 aliphatic rings. The van der Waals surface area contributed by atoms with Gasteiger partial charge in [-0.2, -0.15) is 0 Å². The number of amides is 1. The number of likely N-dealkylation sites (tertiary alicyclic amines) is 2. The lowest BCUT2D eigenvalue weighted by Crippen LogP contribution is -2.47. The number of methoxy groups -OCH3 is 3. The van der Waals surface area contributed by atoms with E-state index in [0.29, 0.717) is 35.9 Å². The van der Waals surface area contributed by atoms with Crippen LogP contribution in [0.15, 0.2) is 72.8 Å². The Labute approximate surface area is 310 Å². The van der Waals surface area contributed by atoms with Crippen molar-refractivity contribution in [3.05, 3.63) is 89.5 Å². The van der Waals surface area contributed by atoms with Crippen molar-refractivity contribution in [2.24, 2.45) is 5.92 Å². The fourth-order valence-electron chi connectivity index (χ4n) is 7.76. The summed E-state index contributed by atoms with van der Waals surface area (Å²) in [6.07, 6.45) is 7.67. The number of Topliss-reactive ketones (excluding diaryl/α,β-unsaturated/α-hetero) is 1. The van der Waals surface area contributed by atoms with Gasteiger partial charge in [0.25, 0.3) is 5.91 Å². The molecule has 2 atom stereocenters. The Hall–Kier alpha value is -4.37. The molecule has 0 bridgehead atoms. The maximum atomic E-state index is 13.8. The van der Waals surface area contributed by atoms with Crippen LogP contribution in [0, 0.1) is 5.92 Å². The van der Waals surface area contributed by atoms with Crippen molar-refractivity contribution in [3.8, 4) is 17.2 Å². The number of nitrogens with zero attached hydrogens (tertiary/aromatic N) is 2. The van der Waals surface area contributed by atoms with Gasteiger partial charge in [0.2, 0.25) is 5.75 Å². The second-order valence-electron chi connectivity index (χ2n) is 14.4. The van der Waals surface area contributed by atoms with Gasteiger partial charge in [-0.3, -0.25) is 14.4 Å². The molecule has 2 aliphatic heterocycles. The monoisotopic (exact) mass is 714 g/mol. The van der Waals surface area contributed by atoms with Crippen LogP contribution < -0.4 is 14.2 Å². The summed E-state index contributed by atoms with van der Waals surface area (Å²) in [5.74, 6) is 0.791. The van der Waals surface area contributed by atoms with E-state index >= 15 is 0 Å². The maximum absolute atomic E-state index is 13.8. The van der Waals surface area contributed by atoms with Gasteiger partial charge < -0.3 is 29.1 Å². The highest BCUT2D eigenvalue weighted by Crippen LogP contribution is 2.42. The number of carbonyl (C=O) groups excluding carboxylic acids is 2. The SMILES string of the molecule is CCCCCC(C)C(=O)O.COc1cc(C(=O)N2CCC(CCN3CCC(C(C)=O)(c4ccccc4)CC3)(c3ccccc3)C2)cc(OC)c1OC. The second-order valence-corrected chi connectivity index (χ2v) is 14.4. The topological polar surface area (TPSA) is 106 Å². The minimum atomic E-state index is -0.670. The van der Waals surface area contributed by atoms with Crippen molar-refractivity contribution in [2.45, 2.75) is 83.0 Å². The van der Waals surface area contributed by atoms with Gasteiger partial charge in [0.15, 0.2) is 11.5 Å². The number of carboxylic acid groups (broad SMARTS) is 1. The average Bonchev–Trinajstić information content (AvgIpc) is 3.63. The zero-order valence-electron chi connectivity index (χ0n) is 32.0. The van der Waals surface area contributed by atoms with Crippen LogP contribution in [0.25, 0.3) is 0 Å². The summed E-state index contributed by atoms with van der Waals surface area (Å²) >= 11 is 0. The number of ketones is 1. The lowest BCUT2D eigenvalue weighted by molar-refractivity contribution is -0.141. The molecule has 5 rings (SSSR count). The molecule has 2 fully saturated rings. The highest BCUT2D eigenvalue weighted by atomic mass is 16.5. The molecule has 2 saturated heterocycles. The molecule has 2 heterocycles. The molecule has 1 N–H and O–H groups in total. The quantitative estimate of drug-likeness (QED) is 0.159. The predicted octanol–water partition coefficient (Wildman–Crippen LogP) is 7.80. The number of aliphatic carboxylic acids is 1. The van der Waals surface area contributed by atoms with Crippen molar-refractivity contribution in [2.75, 3.05) is 54.1 Å². The largest absolute Gasteiger partial charge is 0.493 e. The van der Waals surface area contributed by atoms with Crippen LogP contribution in [0.5, 0.6) is 17.2 Å². The van der Waals surface area contributed by atoms with Gasteiger partial charge >= 0.3 is 5.97 Å². The summed E-state index contributed by atoms with van der Waals surface area (Å²) in [5.41, 5.74) is 2.38. The predicted molar refractivity (Wildman–Crippen MR) is 205 cm³/mol. The van der Waals surface area contributed by atoms with E-state index in [4.69, 9.17) is 19.3 Å². The molecule has 282 valence electrons. The minimum absolute atomic E-state index is 0.0425. The number of hydrogen-bond acceptors (Lipinski definition) is 7. The van der Waals surface area contributed by atoms with Crippen LogP contribution in [-0.2, 0) is 20.4 Å².